The second kappa shape index (κ2) is 5.25. The predicted molar refractivity (Wildman–Crippen MR) is 72.4 cm³/mol. The van der Waals surface area contributed by atoms with Crippen LogP contribution in [-0.2, 0) is 6.61 Å². The fraction of sp³-hybridized carbons (Fsp3) is 0.0625. The zero-order valence-electron chi connectivity index (χ0n) is 10.5. The molecule has 2 nitrogen and oxygen atoms in total. The Balaban J connectivity index is 1.87. The van der Waals surface area contributed by atoms with Crippen LogP contribution in [0.5, 0.6) is 5.75 Å². The van der Waals surface area contributed by atoms with E-state index in [9.17, 15) is 8.78 Å². The summed E-state index contributed by atoms with van der Waals surface area (Å²) in [5, 5.41) is 0.994. The van der Waals surface area contributed by atoms with E-state index in [0.29, 0.717) is 0 Å². The summed E-state index contributed by atoms with van der Waals surface area (Å²) in [5.41, 5.74) is 1.67. The molecule has 2 aromatic carbocycles. The molecule has 0 spiro atoms. The average molecular weight is 271 g/mol. The Labute approximate surface area is 114 Å². The number of ether oxygens (including phenoxy) is 1. The van der Waals surface area contributed by atoms with E-state index >= 15 is 0 Å². The maximum absolute atomic E-state index is 13.5. The van der Waals surface area contributed by atoms with E-state index in [1.807, 2.05) is 30.3 Å². The normalized spacial score (nSPS) is 10.7. The van der Waals surface area contributed by atoms with Crippen molar-refractivity contribution in [3.8, 4) is 5.75 Å². The Morgan fingerprint density at radius 3 is 2.70 bits per heavy atom. The summed E-state index contributed by atoms with van der Waals surface area (Å²) in [4.78, 5) is 4.30. The molecule has 0 atom stereocenters. The van der Waals surface area contributed by atoms with Crippen LogP contribution < -0.4 is 4.74 Å². The molecular formula is C16H11F2NO. The third-order valence-corrected chi connectivity index (χ3v) is 2.99. The van der Waals surface area contributed by atoms with Crippen molar-refractivity contribution in [1.82, 2.24) is 4.98 Å². The first-order valence-corrected chi connectivity index (χ1v) is 6.14. The number of hydrogen-bond donors (Lipinski definition) is 0. The summed E-state index contributed by atoms with van der Waals surface area (Å²) in [5.74, 6) is -1.31. The molecule has 100 valence electrons. The Morgan fingerprint density at radius 1 is 1.00 bits per heavy atom. The first kappa shape index (κ1) is 12.5. The number of pyridine rings is 1. The van der Waals surface area contributed by atoms with Crippen molar-refractivity contribution in [1.29, 1.82) is 0 Å². The lowest BCUT2D eigenvalue weighted by molar-refractivity contribution is 0.290. The summed E-state index contributed by atoms with van der Waals surface area (Å²) in [7, 11) is 0. The van der Waals surface area contributed by atoms with Crippen LogP contribution in [0.25, 0.3) is 10.9 Å². The fourth-order valence-corrected chi connectivity index (χ4v) is 2.03. The number of nitrogens with zero attached hydrogens (tertiary/aromatic N) is 1. The quantitative estimate of drug-likeness (QED) is 0.715. The van der Waals surface area contributed by atoms with Crippen LogP contribution in [-0.4, -0.2) is 4.98 Å². The smallest absolute Gasteiger partial charge is 0.167 e. The second-order valence-corrected chi connectivity index (χ2v) is 4.36. The third-order valence-electron chi connectivity index (χ3n) is 2.99. The minimum atomic E-state index is -0.710. The lowest BCUT2D eigenvalue weighted by Gasteiger charge is -2.09. The van der Waals surface area contributed by atoms with Gasteiger partial charge in [-0.2, -0.15) is 0 Å². The average Bonchev–Trinajstić information content (AvgIpc) is 2.46. The van der Waals surface area contributed by atoms with Crippen LogP contribution in [0.15, 0.2) is 54.7 Å². The summed E-state index contributed by atoms with van der Waals surface area (Å²) < 4.78 is 31.7. The molecule has 0 bridgehead atoms. The van der Waals surface area contributed by atoms with Gasteiger partial charge in [0.2, 0.25) is 0 Å². The lowest BCUT2D eigenvalue weighted by atomic mass is 10.1. The molecule has 0 radical (unpaired) electrons. The topological polar surface area (TPSA) is 22.1 Å². The van der Waals surface area contributed by atoms with Gasteiger partial charge < -0.3 is 4.74 Å². The van der Waals surface area contributed by atoms with Crippen LogP contribution in [0.3, 0.4) is 0 Å². The van der Waals surface area contributed by atoms with E-state index in [-0.39, 0.29) is 12.4 Å². The number of para-hydroxylation sites is 1. The van der Waals surface area contributed by atoms with E-state index in [4.69, 9.17) is 4.74 Å². The van der Waals surface area contributed by atoms with E-state index in [1.165, 1.54) is 12.1 Å². The van der Waals surface area contributed by atoms with E-state index < -0.39 is 11.6 Å². The highest BCUT2D eigenvalue weighted by atomic mass is 19.1. The van der Waals surface area contributed by atoms with Crippen molar-refractivity contribution >= 4 is 10.9 Å². The van der Waals surface area contributed by atoms with Gasteiger partial charge in [0.25, 0.3) is 0 Å². The molecule has 0 aliphatic heterocycles. The highest BCUT2D eigenvalue weighted by Gasteiger charge is 2.07. The highest BCUT2D eigenvalue weighted by molar-refractivity contribution is 5.81. The zero-order chi connectivity index (χ0) is 13.9. The number of rotatable bonds is 3. The molecule has 0 saturated heterocycles. The lowest BCUT2D eigenvalue weighted by Crippen LogP contribution is -1.99. The molecule has 0 aliphatic rings. The Hall–Kier alpha value is -2.49. The standard InChI is InChI=1S/C16H11F2NO/c17-13-6-7-15(14(18)9-13)20-10-12-4-1-3-11-5-2-8-19-16(11)12/h1-9H,10H2. The van der Waals surface area contributed by atoms with Gasteiger partial charge in [-0.05, 0) is 18.2 Å². The van der Waals surface area contributed by atoms with Crippen molar-refractivity contribution in [3.63, 3.8) is 0 Å². The number of hydrogen-bond acceptors (Lipinski definition) is 2. The monoisotopic (exact) mass is 271 g/mol. The molecule has 0 N–H and O–H groups in total. The van der Waals surface area contributed by atoms with Crippen molar-refractivity contribution in [3.05, 3.63) is 71.9 Å². The summed E-state index contributed by atoms with van der Waals surface area (Å²) in [6.45, 7) is 0.177. The molecule has 1 aromatic heterocycles. The molecule has 0 amide bonds. The van der Waals surface area contributed by atoms with Crippen molar-refractivity contribution in [2.24, 2.45) is 0 Å². The SMILES string of the molecule is Fc1ccc(OCc2cccc3cccnc23)c(F)c1. The van der Waals surface area contributed by atoms with Crippen LogP contribution >= 0.6 is 0 Å². The molecular weight excluding hydrogens is 260 g/mol. The van der Waals surface area contributed by atoms with Crippen molar-refractivity contribution in [2.75, 3.05) is 0 Å². The van der Waals surface area contributed by atoms with Gasteiger partial charge in [-0.15, -0.1) is 0 Å². The van der Waals surface area contributed by atoms with Gasteiger partial charge in [-0.1, -0.05) is 24.3 Å². The molecule has 3 rings (SSSR count). The second-order valence-electron chi connectivity index (χ2n) is 4.36. The number of fused-ring (bicyclic) bond motifs is 1. The zero-order valence-corrected chi connectivity index (χ0v) is 10.5. The molecule has 0 saturated carbocycles. The van der Waals surface area contributed by atoms with Crippen LogP contribution in [0.1, 0.15) is 5.56 Å². The van der Waals surface area contributed by atoms with Crippen molar-refractivity contribution in [2.45, 2.75) is 6.61 Å². The summed E-state index contributed by atoms with van der Waals surface area (Å²) >= 11 is 0. The van der Waals surface area contributed by atoms with Gasteiger partial charge in [-0.25, -0.2) is 8.78 Å². The molecule has 0 fully saturated rings. The maximum Gasteiger partial charge on any atom is 0.167 e. The molecule has 0 unspecified atom stereocenters. The van der Waals surface area contributed by atoms with Gasteiger partial charge in [0.15, 0.2) is 11.6 Å². The van der Waals surface area contributed by atoms with E-state index in [2.05, 4.69) is 4.98 Å². The molecule has 20 heavy (non-hydrogen) atoms. The number of aromatic nitrogens is 1. The fourth-order valence-electron chi connectivity index (χ4n) is 2.03. The van der Waals surface area contributed by atoms with E-state index in [1.54, 1.807) is 6.20 Å². The maximum atomic E-state index is 13.5. The van der Waals surface area contributed by atoms with Crippen molar-refractivity contribution < 1.29 is 13.5 Å². The first-order chi connectivity index (χ1) is 9.74. The predicted octanol–water partition coefficient (Wildman–Crippen LogP) is 4.09. The molecule has 3 aromatic rings. The first-order valence-electron chi connectivity index (χ1n) is 6.14. The van der Waals surface area contributed by atoms with Gasteiger partial charge in [0.1, 0.15) is 12.4 Å². The van der Waals surface area contributed by atoms with Gasteiger partial charge in [0, 0.05) is 23.2 Å². The number of halogens is 2. The van der Waals surface area contributed by atoms with Gasteiger partial charge in [-0.3, -0.25) is 4.98 Å². The molecule has 0 aliphatic carbocycles. The van der Waals surface area contributed by atoms with Gasteiger partial charge in [0.05, 0.1) is 5.52 Å². The van der Waals surface area contributed by atoms with Crippen LogP contribution in [0.2, 0.25) is 0 Å². The molecule has 1 heterocycles. The Morgan fingerprint density at radius 2 is 1.85 bits per heavy atom. The minimum Gasteiger partial charge on any atom is -0.486 e. The van der Waals surface area contributed by atoms with Crippen LogP contribution in [0, 0.1) is 11.6 Å². The van der Waals surface area contributed by atoms with Gasteiger partial charge >= 0.3 is 0 Å². The summed E-state index contributed by atoms with van der Waals surface area (Å²) in [6, 6.07) is 12.8. The third kappa shape index (κ3) is 2.45. The highest BCUT2D eigenvalue weighted by Crippen LogP contribution is 2.21. The molecule has 4 heteroatoms. The number of benzene rings is 2. The Bertz CT molecular complexity index is 753. The summed E-state index contributed by atoms with van der Waals surface area (Å²) in [6.07, 6.45) is 1.70. The van der Waals surface area contributed by atoms with E-state index in [0.717, 1.165) is 22.5 Å². The van der Waals surface area contributed by atoms with Crippen LogP contribution in [0.4, 0.5) is 8.78 Å². The minimum absolute atomic E-state index is 0.0272. The Kier molecular flexibility index (Phi) is 3.29. The largest absolute Gasteiger partial charge is 0.486 e.